The molecule has 2 saturated carbocycles. The molecule has 5 atom stereocenters. The second-order valence-electron chi connectivity index (χ2n) is 16.5. The van der Waals surface area contributed by atoms with E-state index in [1.807, 2.05) is 39.8 Å². The number of hydrogen-bond donors (Lipinski definition) is 1. The van der Waals surface area contributed by atoms with Crippen molar-refractivity contribution in [2.75, 3.05) is 13.2 Å². The molecule has 0 aromatic heterocycles. The monoisotopic (exact) mass is 727 g/mol. The van der Waals surface area contributed by atoms with Crippen LogP contribution in [0.1, 0.15) is 115 Å². The Kier molecular flexibility index (Phi) is 10.6. The van der Waals surface area contributed by atoms with Gasteiger partial charge in [0.1, 0.15) is 6.10 Å². The van der Waals surface area contributed by atoms with Crippen LogP contribution >= 0.6 is 0 Å². The highest BCUT2D eigenvalue weighted by atomic mass is 32.2. The maximum atomic E-state index is 14.5. The van der Waals surface area contributed by atoms with Gasteiger partial charge in [-0.3, -0.25) is 28.8 Å². The van der Waals surface area contributed by atoms with Crippen LogP contribution in [0.5, 0.6) is 0 Å². The smallest absolute Gasteiger partial charge is 0.410 e. The normalized spacial score (nSPS) is 29.3. The van der Waals surface area contributed by atoms with Gasteiger partial charge in [0.05, 0.1) is 42.2 Å². The highest BCUT2D eigenvalue weighted by Crippen LogP contribution is 2.58. The number of carbonyl (C=O) groups is 5. The van der Waals surface area contributed by atoms with Crippen molar-refractivity contribution in [1.29, 1.82) is 0 Å². The zero-order chi connectivity index (χ0) is 36.7. The lowest BCUT2D eigenvalue weighted by Gasteiger charge is -2.34. The van der Waals surface area contributed by atoms with Gasteiger partial charge in [-0.05, 0) is 66.5 Å². The Morgan fingerprint density at radius 1 is 1.02 bits per heavy atom. The molecule has 3 aliphatic heterocycles. The van der Waals surface area contributed by atoms with Gasteiger partial charge in [-0.15, -0.1) is 0 Å². The van der Waals surface area contributed by atoms with E-state index in [-0.39, 0.29) is 44.1 Å². The summed E-state index contributed by atoms with van der Waals surface area (Å²) in [5, 5.41) is -0.588. The van der Waals surface area contributed by atoms with E-state index in [9.17, 15) is 32.4 Å². The number of benzene rings is 1. The van der Waals surface area contributed by atoms with Crippen molar-refractivity contribution in [1.82, 2.24) is 14.5 Å². The molecule has 3 amide bonds. The lowest BCUT2D eigenvalue weighted by Crippen LogP contribution is -2.48. The summed E-state index contributed by atoms with van der Waals surface area (Å²) in [5.41, 5.74) is 1.55. The number of nitrogens with one attached hydrogen (secondary N) is 1. The first-order valence-electron chi connectivity index (χ1n) is 18.7. The number of hydrogen-bond acceptors (Lipinski definition) is 9. The number of esters is 1. The first kappa shape index (κ1) is 37.3. The summed E-state index contributed by atoms with van der Waals surface area (Å²) in [6.07, 6.45) is 4.71. The summed E-state index contributed by atoms with van der Waals surface area (Å²) in [7, 11) is -3.82. The standard InChI is InChI=1S/C38H53N3O9S/c1-5-26-19-38(26,35(45)39-51(47,48)28-14-15-28)20-32(42)31-17-27-22-41(31)34(44)30(37(2,3)4)18-33(43)49-16-9-7-6-8-11-24-12-10-13-25-21-40(23-29(24)25)36(46)50-27/h10,12-13,26-28,30-31H,5-9,11,14-23H2,1-4H3,(H,39,45)/t26-,27-,30-,31+,38-/m1/s1. The van der Waals surface area contributed by atoms with Gasteiger partial charge >= 0.3 is 12.1 Å². The molecule has 6 rings (SSSR count). The molecule has 1 aromatic rings. The van der Waals surface area contributed by atoms with E-state index in [1.54, 1.807) is 4.90 Å². The fraction of sp³-hybridized carbons (Fsp3) is 0.711. The van der Waals surface area contributed by atoms with Gasteiger partial charge in [-0.1, -0.05) is 65.2 Å². The molecule has 1 saturated heterocycles. The van der Waals surface area contributed by atoms with Crippen molar-refractivity contribution < 1.29 is 41.9 Å². The SMILES string of the molecule is CC[C@@H]1C[C@]1(CC(=O)[C@@H]1C[C@@H]2CN1C(=O)[C@H](C(C)(C)C)CC(=O)OCCCCCCc1cccc3c1CN(C3)C(=O)O2)C(=O)NS(=O)(=O)C1CC1. The second-order valence-corrected chi connectivity index (χ2v) is 18.4. The molecular formula is C38H53N3O9S. The molecule has 1 N–H and O–H groups in total. The molecule has 280 valence electrons. The molecule has 13 heteroatoms. The third-order valence-corrected chi connectivity index (χ3v) is 13.5. The van der Waals surface area contributed by atoms with Crippen molar-refractivity contribution >= 4 is 39.7 Å². The fourth-order valence-electron chi connectivity index (χ4n) is 8.26. The molecule has 0 radical (unpaired) electrons. The summed E-state index contributed by atoms with van der Waals surface area (Å²) >= 11 is 0. The van der Waals surface area contributed by atoms with Crippen LogP contribution in [0.4, 0.5) is 4.79 Å². The minimum atomic E-state index is -3.82. The topological polar surface area (TPSA) is 156 Å². The molecule has 1 aromatic carbocycles. The predicted octanol–water partition coefficient (Wildman–Crippen LogP) is 4.80. The van der Waals surface area contributed by atoms with Gasteiger partial charge < -0.3 is 14.4 Å². The molecule has 2 aliphatic carbocycles. The lowest BCUT2D eigenvalue weighted by atomic mass is 9.77. The van der Waals surface area contributed by atoms with Crippen LogP contribution in [0.3, 0.4) is 0 Å². The van der Waals surface area contributed by atoms with Gasteiger partial charge in [-0.25, -0.2) is 13.2 Å². The average Bonchev–Trinajstić information content (AvgIpc) is 3.96. The summed E-state index contributed by atoms with van der Waals surface area (Å²) < 4.78 is 39.3. The number of aryl methyl sites for hydroxylation is 1. The Labute approximate surface area is 301 Å². The number of rotatable bonds is 7. The van der Waals surface area contributed by atoms with Crippen LogP contribution in [0.2, 0.25) is 0 Å². The molecule has 5 aliphatic rings. The third-order valence-electron chi connectivity index (χ3n) is 11.7. The zero-order valence-corrected chi connectivity index (χ0v) is 31.2. The predicted molar refractivity (Wildman–Crippen MR) is 187 cm³/mol. The van der Waals surface area contributed by atoms with Crippen molar-refractivity contribution in [3.63, 3.8) is 0 Å². The van der Waals surface area contributed by atoms with Crippen molar-refractivity contribution in [3.8, 4) is 0 Å². The molecule has 4 bridgehead atoms. The number of nitrogens with zero attached hydrogens (tertiary/aromatic N) is 2. The maximum absolute atomic E-state index is 14.5. The van der Waals surface area contributed by atoms with E-state index in [0.29, 0.717) is 45.2 Å². The second kappa shape index (κ2) is 14.5. The van der Waals surface area contributed by atoms with Crippen LogP contribution in [-0.2, 0) is 58.2 Å². The third kappa shape index (κ3) is 8.13. The number of sulfonamides is 1. The highest BCUT2D eigenvalue weighted by molar-refractivity contribution is 7.90. The van der Waals surface area contributed by atoms with E-state index in [0.717, 1.165) is 36.8 Å². The fourth-order valence-corrected chi connectivity index (χ4v) is 9.65. The van der Waals surface area contributed by atoms with Crippen LogP contribution in [0.25, 0.3) is 0 Å². The average molecular weight is 728 g/mol. The van der Waals surface area contributed by atoms with Crippen LogP contribution in [0, 0.1) is 22.7 Å². The van der Waals surface area contributed by atoms with Crippen molar-refractivity contribution in [2.24, 2.45) is 22.7 Å². The Morgan fingerprint density at radius 3 is 2.43 bits per heavy atom. The molecule has 3 fully saturated rings. The van der Waals surface area contributed by atoms with Gasteiger partial charge in [0.2, 0.25) is 21.8 Å². The first-order chi connectivity index (χ1) is 24.1. The van der Waals surface area contributed by atoms with Crippen LogP contribution in [0.15, 0.2) is 18.2 Å². The summed E-state index contributed by atoms with van der Waals surface area (Å²) in [4.78, 5) is 72.1. The van der Waals surface area contributed by atoms with E-state index >= 15 is 0 Å². The first-order valence-corrected chi connectivity index (χ1v) is 20.3. The van der Waals surface area contributed by atoms with Crippen LogP contribution < -0.4 is 4.72 Å². The molecular weight excluding hydrogens is 674 g/mol. The molecule has 12 nitrogen and oxygen atoms in total. The number of amides is 3. The van der Waals surface area contributed by atoms with E-state index < -0.39 is 68.0 Å². The van der Waals surface area contributed by atoms with E-state index in [1.165, 1.54) is 10.5 Å². The molecule has 0 spiro atoms. The number of carbonyl (C=O) groups excluding carboxylic acids is 5. The molecule has 51 heavy (non-hydrogen) atoms. The summed E-state index contributed by atoms with van der Waals surface area (Å²) in [5.74, 6) is -2.95. The Hall–Kier alpha value is -3.48. The van der Waals surface area contributed by atoms with E-state index in [4.69, 9.17) is 9.47 Å². The van der Waals surface area contributed by atoms with Crippen molar-refractivity contribution in [2.45, 2.75) is 135 Å². The highest BCUT2D eigenvalue weighted by Gasteiger charge is 2.62. The molecule has 3 heterocycles. The van der Waals surface area contributed by atoms with Crippen LogP contribution in [-0.4, -0.2) is 78.4 Å². The van der Waals surface area contributed by atoms with Gasteiger partial charge in [0, 0.05) is 25.9 Å². The minimum absolute atomic E-state index is 0.0402. The Morgan fingerprint density at radius 2 is 1.75 bits per heavy atom. The van der Waals surface area contributed by atoms with Crippen molar-refractivity contribution in [3.05, 3.63) is 34.9 Å². The number of fused-ring (bicyclic) bond motifs is 3. The number of Topliss-reactive ketones (excluding diaryl/α,β-unsaturated/α-hetero) is 1. The Bertz CT molecular complexity index is 1670. The molecule has 0 unspecified atom stereocenters. The van der Waals surface area contributed by atoms with E-state index in [2.05, 4.69) is 10.8 Å². The lowest BCUT2D eigenvalue weighted by molar-refractivity contribution is -0.153. The summed E-state index contributed by atoms with van der Waals surface area (Å²) in [6.45, 7) is 8.54. The largest absolute Gasteiger partial charge is 0.466 e. The number of cyclic esters (lactones) is 1. The van der Waals surface area contributed by atoms with Gasteiger partial charge in [-0.2, -0.15) is 0 Å². The Balaban J connectivity index is 1.26. The number of ether oxygens (including phenoxy) is 2. The quantitative estimate of drug-likeness (QED) is 0.390. The number of ketones is 1. The van der Waals surface area contributed by atoms with Gasteiger partial charge in [0.25, 0.3) is 0 Å². The maximum Gasteiger partial charge on any atom is 0.410 e. The summed E-state index contributed by atoms with van der Waals surface area (Å²) in [6, 6.07) is 5.12. The van der Waals surface area contributed by atoms with Gasteiger partial charge in [0.15, 0.2) is 5.78 Å². The zero-order valence-electron chi connectivity index (χ0n) is 30.4. The minimum Gasteiger partial charge on any atom is -0.466 e.